The van der Waals surface area contributed by atoms with E-state index in [4.69, 9.17) is 0 Å². The molecule has 0 aromatic heterocycles. The van der Waals surface area contributed by atoms with Gasteiger partial charge in [0.2, 0.25) is 0 Å². The first-order valence-corrected chi connectivity index (χ1v) is 6.32. The lowest BCUT2D eigenvalue weighted by molar-refractivity contribution is -0.384. The summed E-state index contributed by atoms with van der Waals surface area (Å²) < 4.78 is 4.68. The normalized spacial score (nSPS) is 15.9. The number of benzene rings is 1. The van der Waals surface area contributed by atoms with Crippen LogP contribution in [-0.2, 0) is 14.3 Å². The van der Waals surface area contributed by atoms with Crippen LogP contribution in [0.1, 0.15) is 12.5 Å². The molecule has 0 spiro atoms. The highest BCUT2D eigenvalue weighted by Crippen LogP contribution is 2.23. The molecule has 0 bridgehead atoms. The number of nitro benzene ring substituents is 1. The Morgan fingerprint density at radius 2 is 2.23 bits per heavy atom. The van der Waals surface area contributed by atoms with Gasteiger partial charge in [0.15, 0.2) is 11.3 Å². The highest BCUT2D eigenvalue weighted by molar-refractivity contribution is 6.20. The van der Waals surface area contributed by atoms with Crippen molar-refractivity contribution >= 4 is 23.6 Å². The van der Waals surface area contributed by atoms with Gasteiger partial charge in [-0.1, -0.05) is 12.1 Å². The Bertz CT molecular complexity index is 720. The third kappa shape index (κ3) is 2.95. The predicted octanol–water partition coefficient (Wildman–Crippen LogP) is 1.44. The van der Waals surface area contributed by atoms with Crippen LogP contribution in [0.2, 0.25) is 0 Å². The van der Waals surface area contributed by atoms with Crippen molar-refractivity contribution in [2.75, 3.05) is 6.61 Å². The van der Waals surface area contributed by atoms with Crippen molar-refractivity contribution < 1.29 is 24.4 Å². The van der Waals surface area contributed by atoms with E-state index in [0.29, 0.717) is 5.56 Å². The van der Waals surface area contributed by atoms with Crippen molar-refractivity contribution in [3.05, 3.63) is 57.0 Å². The fourth-order valence-electron chi connectivity index (χ4n) is 1.88. The van der Waals surface area contributed by atoms with E-state index in [1.807, 2.05) is 0 Å². The zero-order valence-electron chi connectivity index (χ0n) is 11.5. The van der Waals surface area contributed by atoms with Gasteiger partial charge in [-0.15, -0.1) is 0 Å². The molecular weight excluding hydrogens is 292 g/mol. The van der Waals surface area contributed by atoms with Crippen molar-refractivity contribution in [2.24, 2.45) is 0 Å². The van der Waals surface area contributed by atoms with Crippen molar-refractivity contribution in [1.29, 1.82) is 0 Å². The number of ether oxygens (including phenoxy) is 1. The van der Waals surface area contributed by atoms with Crippen molar-refractivity contribution in [2.45, 2.75) is 6.92 Å². The van der Waals surface area contributed by atoms with E-state index in [1.165, 1.54) is 24.3 Å². The number of nitrogens with zero attached hydrogens (tertiary/aromatic N) is 1. The van der Waals surface area contributed by atoms with Crippen LogP contribution < -0.4 is 5.32 Å². The van der Waals surface area contributed by atoms with Crippen LogP contribution in [0, 0.1) is 10.1 Å². The molecular formula is C14H12N2O6. The van der Waals surface area contributed by atoms with Gasteiger partial charge in [-0.05, 0) is 18.6 Å². The van der Waals surface area contributed by atoms with Gasteiger partial charge in [0.05, 0.1) is 17.2 Å². The van der Waals surface area contributed by atoms with E-state index in [1.54, 1.807) is 13.0 Å². The minimum Gasteiger partial charge on any atom is -0.505 e. The number of hydrogen-bond acceptors (Lipinski definition) is 6. The maximum absolute atomic E-state index is 11.7. The number of non-ortho nitro benzene ring substituents is 1. The van der Waals surface area contributed by atoms with Crippen molar-refractivity contribution in [3.8, 4) is 0 Å². The number of aliphatic hydroxyl groups is 1. The van der Waals surface area contributed by atoms with Crippen molar-refractivity contribution in [1.82, 2.24) is 5.32 Å². The summed E-state index contributed by atoms with van der Waals surface area (Å²) >= 11 is 0. The number of esters is 1. The molecule has 1 heterocycles. The Morgan fingerprint density at radius 1 is 1.50 bits per heavy atom. The molecule has 0 atom stereocenters. The zero-order valence-corrected chi connectivity index (χ0v) is 11.5. The first-order chi connectivity index (χ1) is 10.4. The molecule has 2 N–H and O–H groups in total. The van der Waals surface area contributed by atoms with Gasteiger partial charge < -0.3 is 15.2 Å². The number of carbonyl (C=O) groups is 2. The minimum absolute atomic E-state index is 0.0199. The summed E-state index contributed by atoms with van der Waals surface area (Å²) in [4.78, 5) is 33.4. The van der Waals surface area contributed by atoms with Crippen LogP contribution in [0.5, 0.6) is 0 Å². The summed E-state index contributed by atoms with van der Waals surface area (Å²) in [6, 6.07) is 5.61. The molecule has 0 aliphatic carbocycles. The van der Waals surface area contributed by atoms with Gasteiger partial charge in [0.1, 0.15) is 0 Å². The van der Waals surface area contributed by atoms with Crippen LogP contribution in [0.3, 0.4) is 0 Å². The summed E-state index contributed by atoms with van der Waals surface area (Å²) in [6.07, 6.45) is 1.33. The Kier molecular flexibility index (Phi) is 4.21. The van der Waals surface area contributed by atoms with E-state index in [0.717, 1.165) is 0 Å². The Hall–Kier alpha value is -3.16. The third-order valence-electron chi connectivity index (χ3n) is 2.84. The molecule has 8 heteroatoms. The molecule has 1 aliphatic heterocycles. The molecule has 0 fully saturated rings. The first-order valence-electron chi connectivity index (χ1n) is 6.32. The number of nitrogens with one attached hydrogen (secondary N) is 1. The fraction of sp³-hybridized carbons (Fsp3) is 0.143. The van der Waals surface area contributed by atoms with E-state index in [2.05, 4.69) is 10.1 Å². The monoisotopic (exact) mass is 304 g/mol. The average molecular weight is 304 g/mol. The van der Waals surface area contributed by atoms with Crippen LogP contribution in [0.25, 0.3) is 6.08 Å². The molecule has 0 unspecified atom stereocenters. The van der Waals surface area contributed by atoms with Crippen LogP contribution >= 0.6 is 0 Å². The van der Waals surface area contributed by atoms with Gasteiger partial charge in [-0.25, -0.2) is 4.79 Å². The lowest BCUT2D eigenvalue weighted by Crippen LogP contribution is -2.21. The number of carbonyl (C=O) groups excluding carboxylic acids is 2. The minimum atomic E-state index is -0.931. The molecule has 0 saturated carbocycles. The molecule has 2 rings (SSSR count). The fourth-order valence-corrected chi connectivity index (χ4v) is 1.88. The smallest absolute Gasteiger partial charge is 0.347 e. The third-order valence-corrected chi connectivity index (χ3v) is 2.84. The summed E-state index contributed by atoms with van der Waals surface area (Å²) in [5, 5.41) is 23.0. The van der Waals surface area contributed by atoms with Crippen molar-refractivity contribution in [3.63, 3.8) is 0 Å². The van der Waals surface area contributed by atoms with Gasteiger partial charge in [-0.2, -0.15) is 0 Å². The Labute approximate surface area is 124 Å². The number of amides is 1. The molecule has 1 aliphatic rings. The second kappa shape index (κ2) is 6.08. The summed E-state index contributed by atoms with van der Waals surface area (Å²) in [7, 11) is 0. The quantitative estimate of drug-likeness (QED) is 0.376. The zero-order chi connectivity index (χ0) is 16.3. The lowest BCUT2D eigenvalue weighted by Gasteiger charge is -2.00. The van der Waals surface area contributed by atoms with Crippen LogP contribution in [-0.4, -0.2) is 28.5 Å². The summed E-state index contributed by atoms with van der Waals surface area (Å²) in [6.45, 7) is 1.63. The number of aliphatic hydroxyl groups excluding tert-OH is 1. The number of nitro groups is 1. The topological polar surface area (TPSA) is 119 Å². The largest absolute Gasteiger partial charge is 0.505 e. The molecule has 1 amide bonds. The van der Waals surface area contributed by atoms with Gasteiger partial charge in [0.25, 0.3) is 11.6 Å². The van der Waals surface area contributed by atoms with E-state index in [9.17, 15) is 24.8 Å². The summed E-state index contributed by atoms with van der Waals surface area (Å²) in [5.41, 5.74) is -0.249. The molecule has 1 aromatic carbocycles. The predicted molar refractivity (Wildman–Crippen MR) is 75.5 cm³/mol. The van der Waals surface area contributed by atoms with Crippen LogP contribution in [0.15, 0.2) is 41.3 Å². The second-order valence-electron chi connectivity index (χ2n) is 4.31. The number of rotatable bonds is 4. The van der Waals surface area contributed by atoms with Gasteiger partial charge in [-0.3, -0.25) is 14.9 Å². The maximum atomic E-state index is 11.7. The van der Waals surface area contributed by atoms with Gasteiger partial charge in [0, 0.05) is 12.1 Å². The average Bonchev–Trinajstić information content (AvgIpc) is 2.74. The van der Waals surface area contributed by atoms with E-state index >= 15 is 0 Å². The lowest BCUT2D eigenvalue weighted by atomic mass is 10.1. The highest BCUT2D eigenvalue weighted by atomic mass is 16.6. The summed E-state index contributed by atoms with van der Waals surface area (Å²) in [5.74, 6) is -2.26. The van der Waals surface area contributed by atoms with Gasteiger partial charge >= 0.3 is 5.97 Å². The molecule has 1 aromatic rings. The molecule has 0 saturated heterocycles. The SMILES string of the molecule is CCOC(=O)C1=C(O)/C(=C/c2cccc([N+](=O)[O-])c2)NC1=O. The first kappa shape index (κ1) is 15.2. The molecule has 0 radical (unpaired) electrons. The molecule has 22 heavy (non-hydrogen) atoms. The molecule has 8 nitrogen and oxygen atoms in total. The molecule has 114 valence electrons. The maximum Gasteiger partial charge on any atom is 0.347 e. The Balaban J connectivity index is 2.37. The van der Waals surface area contributed by atoms with Crippen LogP contribution in [0.4, 0.5) is 5.69 Å². The Morgan fingerprint density at radius 3 is 2.86 bits per heavy atom. The van der Waals surface area contributed by atoms with E-state index in [-0.39, 0.29) is 18.0 Å². The second-order valence-corrected chi connectivity index (χ2v) is 4.31. The highest BCUT2D eigenvalue weighted by Gasteiger charge is 2.33. The standard InChI is InChI=1S/C14H12N2O6/c1-2-22-14(19)11-12(17)10(15-13(11)18)7-8-4-3-5-9(6-8)16(20)21/h3-7,17H,2H2,1H3,(H,15,18)/b10-7-. The number of hydrogen-bond donors (Lipinski definition) is 2. The van der Waals surface area contributed by atoms with E-state index < -0.39 is 28.1 Å².